The maximum atomic E-state index is 14.1. The molecule has 1 aromatic carbocycles. The van der Waals surface area contributed by atoms with Crippen molar-refractivity contribution in [2.24, 2.45) is 0 Å². The molecule has 5 nitrogen and oxygen atoms in total. The molecule has 7 heteroatoms. The quantitative estimate of drug-likeness (QED) is 0.849. The summed E-state index contributed by atoms with van der Waals surface area (Å²) < 4.78 is 20.4. The minimum absolute atomic E-state index is 0.0429. The minimum atomic E-state index is -0.407. The van der Waals surface area contributed by atoms with Gasteiger partial charge in [0.2, 0.25) is 0 Å². The Bertz CT molecular complexity index is 839. The molecular weight excluding hydrogens is 377 g/mol. The minimum Gasteiger partial charge on any atom is -0.370 e. The Morgan fingerprint density at radius 1 is 1.43 bits per heavy atom. The molecule has 2 heterocycles. The number of carbonyl (C=O) groups excluding carboxylic acids is 1. The zero-order chi connectivity index (χ0) is 19.6. The molecule has 1 aliphatic heterocycles. The largest absolute Gasteiger partial charge is 0.370 e. The molecule has 1 spiro atoms. The van der Waals surface area contributed by atoms with E-state index in [0.717, 1.165) is 37.9 Å². The van der Waals surface area contributed by atoms with Crippen LogP contribution in [0.2, 0.25) is 0 Å². The van der Waals surface area contributed by atoms with Crippen LogP contribution in [-0.4, -0.2) is 47.1 Å². The zero-order valence-corrected chi connectivity index (χ0v) is 16.9. The molecule has 0 bridgehead atoms. The summed E-state index contributed by atoms with van der Waals surface area (Å²) in [5, 5.41) is 3.22. The lowest BCUT2D eigenvalue weighted by molar-refractivity contribution is -0.143. The van der Waals surface area contributed by atoms with Crippen LogP contribution < -0.4 is 5.32 Å². The topological polar surface area (TPSA) is 54.5 Å². The van der Waals surface area contributed by atoms with Gasteiger partial charge in [0.15, 0.2) is 0 Å². The summed E-state index contributed by atoms with van der Waals surface area (Å²) in [5.41, 5.74) is 2.76. The van der Waals surface area contributed by atoms with Crippen molar-refractivity contribution in [2.45, 2.75) is 50.8 Å². The van der Waals surface area contributed by atoms with Crippen LogP contribution in [0.3, 0.4) is 0 Å². The van der Waals surface area contributed by atoms with E-state index in [1.165, 1.54) is 17.4 Å². The second-order valence-corrected chi connectivity index (χ2v) is 8.61. The van der Waals surface area contributed by atoms with E-state index in [1.54, 1.807) is 11.6 Å². The summed E-state index contributed by atoms with van der Waals surface area (Å²) >= 11 is 1.37. The van der Waals surface area contributed by atoms with Gasteiger partial charge in [0, 0.05) is 25.2 Å². The Hall–Kier alpha value is -1.83. The van der Waals surface area contributed by atoms with E-state index < -0.39 is 5.60 Å². The summed E-state index contributed by atoms with van der Waals surface area (Å²) in [6, 6.07) is 6.89. The van der Waals surface area contributed by atoms with E-state index in [2.05, 4.69) is 15.2 Å². The Morgan fingerprint density at radius 3 is 3.07 bits per heavy atom. The van der Waals surface area contributed by atoms with Gasteiger partial charge in [0.05, 0.1) is 23.9 Å². The number of benzene rings is 1. The number of hydrogen-bond acceptors (Lipinski definition) is 5. The average molecular weight is 404 g/mol. The first-order chi connectivity index (χ1) is 13.6. The van der Waals surface area contributed by atoms with Crippen LogP contribution in [-0.2, 0) is 11.3 Å². The molecule has 28 heavy (non-hydrogen) atoms. The van der Waals surface area contributed by atoms with E-state index >= 15 is 0 Å². The molecule has 2 atom stereocenters. The average Bonchev–Trinajstić information content (AvgIpc) is 3.12. The van der Waals surface area contributed by atoms with E-state index in [0.29, 0.717) is 30.1 Å². The van der Waals surface area contributed by atoms with Gasteiger partial charge in [-0.25, -0.2) is 9.37 Å². The van der Waals surface area contributed by atoms with Gasteiger partial charge in [-0.2, -0.15) is 0 Å². The van der Waals surface area contributed by atoms with Gasteiger partial charge in [-0.1, -0.05) is 31.0 Å². The van der Waals surface area contributed by atoms with Crippen molar-refractivity contribution < 1.29 is 13.9 Å². The lowest BCUT2D eigenvalue weighted by Crippen LogP contribution is -2.63. The number of hydrogen-bond donors (Lipinski definition) is 1. The molecule has 1 saturated carbocycles. The second kappa shape index (κ2) is 8.27. The predicted molar refractivity (Wildman–Crippen MR) is 107 cm³/mol. The smallest absolute Gasteiger partial charge is 0.263 e. The molecule has 1 aromatic heterocycles. The molecular formula is C21H26FN3O2S. The van der Waals surface area contributed by atoms with Crippen molar-refractivity contribution in [1.29, 1.82) is 0 Å². The summed E-state index contributed by atoms with van der Waals surface area (Å²) in [4.78, 5) is 19.9. The van der Waals surface area contributed by atoms with Crippen LogP contribution in [0.4, 0.5) is 4.39 Å². The molecule has 1 saturated heterocycles. The van der Waals surface area contributed by atoms with Crippen molar-refractivity contribution in [3.63, 3.8) is 0 Å². The molecule has 2 aromatic rings. The van der Waals surface area contributed by atoms with Gasteiger partial charge in [-0.3, -0.25) is 9.69 Å². The van der Waals surface area contributed by atoms with Gasteiger partial charge in [0.1, 0.15) is 16.3 Å². The molecule has 0 radical (unpaired) electrons. The molecule has 1 N–H and O–H groups in total. The third-order valence-corrected chi connectivity index (χ3v) is 6.80. The number of aryl methyl sites for hydroxylation is 1. The van der Waals surface area contributed by atoms with Crippen molar-refractivity contribution >= 4 is 17.2 Å². The van der Waals surface area contributed by atoms with Gasteiger partial charge < -0.3 is 10.1 Å². The number of carbonyl (C=O) groups is 1. The van der Waals surface area contributed by atoms with Crippen LogP contribution in [0.5, 0.6) is 0 Å². The highest BCUT2D eigenvalue weighted by molar-refractivity contribution is 7.11. The number of halogens is 1. The normalized spacial score (nSPS) is 25.7. The van der Waals surface area contributed by atoms with Gasteiger partial charge in [-0.15, -0.1) is 11.3 Å². The fourth-order valence-corrected chi connectivity index (χ4v) is 5.11. The van der Waals surface area contributed by atoms with E-state index in [4.69, 9.17) is 4.74 Å². The summed E-state index contributed by atoms with van der Waals surface area (Å²) in [7, 11) is 0. The van der Waals surface area contributed by atoms with E-state index in [9.17, 15) is 9.18 Å². The third kappa shape index (κ3) is 3.97. The fraction of sp³-hybridized carbons (Fsp3) is 0.524. The lowest BCUT2D eigenvalue weighted by atomic mass is 9.78. The molecule has 4 rings (SSSR count). The molecule has 150 valence electrons. The zero-order valence-electron chi connectivity index (χ0n) is 16.1. The molecule has 2 fully saturated rings. The summed E-state index contributed by atoms with van der Waals surface area (Å²) in [6.07, 6.45) is 3.97. The number of aromatic nitrogens is 1. The van der Waals surface area contributed by atoms with Gasteiger partial charge in [-0.05, 0) is 25.8 Å². The SMILES string of the molecule is Cc1ncsc1C(=O)N[C@H]1CCCC[C@]12CN(Cc1ccccc1F)CCO2. The molecule has 1 aliphatic carbocycles. The van der Waals surface area contributed by atoms with Crippen LogP contribution in [0.25, 0.3) is 0 Å². The van der Waals surface area contributed by atoms with Crippen LogP contribution in [0.15, 0.2) is 29.8 Å². The molecule has 1 amide bonds. The highest BCUT2D eigenvalue weighted by atomic mass is 32.1. The highest BCUT2D eigenvalue weighted by Crippen LogP contribution is 2.35. The number of thiazole rings is 1. The van der Waals surface area contributed by atoms with Crippen LogP contribution in [0.1, 0.15) is 46.6 Å². The first-order valence-corrected chi connectivity index (χ1v) is 10.8. The Labute approximate surface area is 168 Å². The first-order valence-electron chi connectivity index (χ1n) is 9.88. The summed E-state index contributed by atoms with van der Waals surface area (Å²) in [6.45, 7) is 4.49. The Morgan fingerprint density at radius 2 is 2.29 bits per heavy atom. The van der Waals surface area contributed by atoms with Crippen molar-refractivity contribution in [2.75, 3.05) is 19.7 Å². The monoisotopic (exact) mass is 403 g/mol. The van der Waals surface area contributed by atoms with Crippen molar-refractivity contribution in [1.82, 2.24) is 15.2 Å². The summed E-state index contributed by atoms with van der Waals surface area (Å²) in [5.74, 6) is -0.238. The standard InChI is InChI=1S/C21H26FN3O2S/c1-15-19(28-14-23-15)20(26)24-18-8-4-5-9-21(18)13-25(10-11-27-21)12-16-6-2-3-7-17(16)22/h2-3,6-7,14,18H,4-5,8-13H2,1H3,(H,24,26)/t18-,21-/m0/s1. The van der Waals surface area contributed by atoms with Gasteiger partial charge >= 0.3 is 0 Å². The van der Waals surface area contributed by atoms with Crippen molar-refractivity contribution in [3.8, 4) is 0 Å². The molecule has 2 aliphatic rings. The highest BCUT2D eigenvalue weighted by Gasteiger charge is 2.46. The fourth-order valence-electron chi connectivity index (χ4n) is 4.40. The number of morpholine rings is 1. The van der Waals surface area contributed by atoms with Crippen molar-refractivity contribution in [3.05, 3.63) is 51.7 Å². The van der Waals surface area contributed by atoms with Gasteiger partial charge in [0.25, 0.3) is 5.91 Å². The first kappa shape index (κ1) is 19.5. The van der Waals surface area contributed by atoms with E-state index in [-0.39, 0.29) is 17.8 Å². The van der Waals surface area contributed by atoms with Crippen LogP contribution in [0, 0.1) is 12.7 Å². The number of ether oxygens (including phenoxy) is 1. The number of rotatable bonds is 4. The maximum absolute atomic E-state index is 14.1. The second-order valence-electron chi connectivity index (χ2n) is 7.75. The van der Waals surface area contributed by atoms with Crippen LogP contribution >= 0.6 is 11.3 Å². The lowest BCUT2D eigenvalue weighted by Gasteiger charge is -2.49. The van der Waals surface area contributed by atoms with E-state index in [1.807, 2.05) is 19.1 Å². The number of nitrogens with one attached hydrogen (secondary N) is 1. The number of amides is 1. The predicted octanol–water partition coefficient (Wildman–Crippen LogP) is 3.53. The Balaban J connectivity index is 1.49. The number of nitrogens with zero attached hydrogens (tertiary/aromatic N) is 2. The molecule has 0 unspecified atom stereocenters. The Kier molecular flexibility index (Phi) is 5.75. The third-order valence-electron chi connectivity index (χ3n) is 5.87. The maximum Gasteiger partial charge on any atom is 0.263 e.